The van der Waals surface area contributed by atoms with Gasteiger partial charge in [0, 0.05) is 0 Å². The van der Waals surface area contributed by atoms with Crippen molar-refractivity contribution in [1.29, 1.82) is 0 Å². The van der Waals surface area contributed by atoms with Crippen molar-refractivity contribution in [3.05, 3.63) is 35.9 Å². The summed E-state index contributed by atoms with van der Waals surface area (Å²) in [5.74, 6) is -0.130. The maximum Gasteiger partial charge on any atom is 0.179 e. The van der Waals surface area contributed by atoms with E-state index in [9.17, 15) is 4.21 Å². The molecular formula is C8H10O3S. The lowest BCUT2D eigenvalue weighted by Crippen LogP contribution is -2.00. The van der Waals surface area contributed by atoms with Crippen LogP contribution in [0, 0.1) is 0 Å². The molecular weight excluding hydrogens is 176 g/mol. The molecule has 1 rings (SSSR count). The second-order valence-electron chi connectivity index (χ2n) is 2.27. The minimum absolute atomic E-state index is 0.130. The second kappa shape index (κ2) is 5.03. The van der Waals surface area contributed by atoms with Crippen LogP contribution < -0.4 is 0 Å². The SMILES string of the molecule is O=S(O)COCc1ccccc1. The molecule has 0 aliphatic heterocycles. The van der Waals surface area contributed by atoms with Gasteiger partial charge in [-0.1, -0.05) is 30.3 Å². The molecule has 1 unspecified atom stereocenters. The van der Waals surface area contributed by atoms with Crippen molar-refractivity contribution >= 4 is 11.1 Å². The third kappa shape index (κ3) is 3.61. The van der Waals surface area contributed by atoms with Gasteiger partial charge in [-0.3, -0.25) is 0 Å². The molecule has 0 heterocycles. The highest BCUT2D eigenvalue weighted by molar-refractivity contribution is 7.79. The van der Waals surface area contributed by atoms with E-state index in [-0.39, 0.29) is 5.94 Å². The standard InChI is InChI=1S/C8H10O3S/c9-12(10)7-11-6-8-4-2-1-3-5-8/h1-5H,6-7H2,(H,9,10). The molecule has 0 aliphatic rings. The van der Waals surface area contributed by atoms with Crippen LogP contribution >= 0.6 is 0 Å². The van der Waals surface area contributed by atoms with Crippen LogP contribution in [0.2, 0.25) is 0 Å². The van der Waals surface area contributed by atoms with Gasteiger partial charge in [0.15, 0.2) is 11.1 Å². The fourth-order valence-corrected chi connectivity index (χ4v) is 1.03. The van der Waals surface area contributed by atoms with Gasteiger partial charge in [-0.2, -0.15) is 0 Å². The minimum Gasteiger partial charge on any atom is -0.361 e. The Labute approximate surface area is 73.7 Å². The first kappa shape index (κ1) is 9.38. The Bertz CT molecular complexity index is 248. The predicted octanol–water partition coefficient (Wildman–Crippen LogP) is 1.38. The highest BCUT2D eigenvalue weighted by Gasteiger charge is 1.94. The first-order chi connectivity index (χ1) is 5.79. The zero-order chi connectivity index (χ0) is 8.81. The molecule has 0 amide bonds. The Balaban J connectivity index is 2.29. The van der Waals surface area contributed by atoms with Crippen LogP contribution in [0.25, 0.3) is 0 Å². The summed E-state index contributed by atoms with van der Waals surface area (Å²) in [5.41, 5.74) is 1.00. The van der Waals surface area contributed by atoms with Crippen molar-refractivity contribution in [3.63, 3.8) is 0 Å². The van der Waals surface area contributed by atoms with E-state index >= 15 is 0 Å². The molecule has 0 saturated heterocycles. The smallest absolute Gasteiger partial charge is 0.179 e. The highest BCUT2D eigenvalue weighted by atomic mass is 32.2. The number of benzene rings is 1. The Hall–Kier alpha value is -0.710. The monoisotopic (exact) mass is 186 g/mol. The van der Waals surface area contributed by atoms with Crippen LogP contribution in [0.5, 0.6) is 0 Å². The molecule has 3 nitrogen and oxygen atoms in total. The molecule has 0 spiro atoms. The first-order valence-corrected chi connectivity index (χ1v) is 4.76. The van der Waals surface area contributed by atoms with E-state index in [4.69, 9.17) is 9.29 Å². The zero-order valence-electron chi connectivity index (χ0n) is 6.47. The third-order valence-electron chi connectivity index (χ3n) is 1.30. The molecule has 4 heteroatoms. The lowest BCUT2D eigenvalue weighted by Gasteiger charge is -2.00. The van der Waals surface area contributed by atoms with Gasteiger partial charge >= 0.3 is 0 Å². The molecule has 1 aromatic rings. The molecule has 0 aliphatic carbocycles. The first-order valence-electron chi connectivity index (χ1n) is 3.48. The van der Waals surface area contributed by atoms with E-state index in [0.29, 0.717) is 6.61 Å². The van der Waals surface area contributed by atoms with E-state index in [2.05, 4.69) is 0 Å². The van der Waals surface area contributed by atoms with Crippen LogP contribution in [-0.4, -0.2) is 14.7 Å². The van der Waals surface area contributed by atoms with Crippen molar-refractivity contribution in [3.8, 4) is 0 Å². The van der Waals surface area contributed by atoms with Gasteiger partial charge in [-0.15, -0.1) is 0 Å². The summed E-state index contributed by atoms with van der Waals surface area (Å²) in [6.07, 6.45) is 0. The Morgan fingerprint density at radius 3 is 2.58 bits per heavy atom. The van der Waals surface area contributed by atoms with E-state index in [1.165, 1.54) is 0 Å². The summed E-state index contributed by atoms with van der Waals surface area (Å²) < 4.78 is 23.5. The van der Waals surface area contributed by atoms with Crippen LogP contribution in [0.4, 0.5) is 0 Å². The molecule has 12 heavy (non-hydrogen) atoms. The minimum atomic E-state index is -1.86. The van der Waals surface area contributed by atoms with E-state index in [0.717, 1.165) is 5.56 Å². The van der Waals surface area contributed by atoms with E-state index < -0.39 is 11.1 Å². The van der Waals surface area contributed by atoms with Gasteiger partial charge in [0.2, 0.25) is 0 Å². The summed E-state index contributed by atoms with van der Waals surface area (Å²) in [5, 5.41) is 0. The Kier molecular flexibility index (Phi) is 3.93. The van der Waals surface area contributed by atoms with Crippen molar-refractivity contribution in [2.24, 2.45) is 0 Å². The van der Waals surface area contributed by atoms with Gasteiger partial charge in [-0.25, -0.2) is 4.21 Å². The second-order valence-corrected chi connectivity index (χ2v) is 3.15. The highest BCUT2D eigenvalue weighted by Crippen LogP contribution is 2.00. The van der Waals surface area contributed by atoms with Gasteiger partial charge in [0.05, 0.1) is 6.61 Å². The average Bonchev–Trinajstić information content (AvgIpc) is 2.05. The van der Waals surface area contributed by atoms with Gasteiger partial charge in [-0.05, 0) is 5.56 Å². The molecule has 0 saturated carbocycles. The maximum atomic E-state index is 10.2. The van der Waals surface area contributed by atoms with Crippen molar-refractivity contribution < 1.29 is 13.5 Å². The van der Waals surface area contributed by atoms with Crippen LogP contribution in [0.15, 0.2) is 30.3 Å². The van der Waals surface area contributed by atoms with Gasteiger partial charge < -0.3 is 9.29 Å². The van der Waals surface area contributed by atoms with Crippen LogP contribution in [0.3, 0.4) is 0 Å². The quantitative estimate of drug-likeness (QED) is 0.723. The summed E-state index contributed by atoms with van der Waals surface area (Å²) in [6, 6.07) is 9.51. The average molecular weight is 186 g/mol. The Morgan fingerprint density at radius 2 is 2.00 bits per heavy atom. The molecule has 0 fully saturated rings. The lowest BCUT2D eigenvalue weighted by atomic mass is 10.2. The fourth-order valence-electron chi connectivity index (χ4n) is 0.805. The molecule has 1 atom stereocenters. The lowest BCUT2D eigenvalue weighted by molar-refractivity contribution is 0.162. The van der Waals surface area contributed by atoms with Crippen molar-refractivity contribution in [1.82, 2.24) is 0 Å². The number of ether oxygens (including phenoxy) is 1. The summed E-state index contributed by atoms with van der Waals surface area (Å²) in [7, 11) is 0. The zero-order valence-corrected chi connectivity index (χ0v) is 7.29. The summed E-state index contributed by atoms with van der Waals surface area (Å²) in [6.45, 7) is 0.382. The topological polar surface area (TPSA) is 46.5 Å². The van der Waals surface area contributed by atoms with E-state index in [1.54, 1.807) is 0 Å². The summed E-state index contributed by atoms with van der Waals surface area (Å²) >= 11 is -1.86. The number of hydrogen-bond acceptors (Lipinski definition) is 2. The fraction of sp³-hybridized carbons (Fsp3) is 0.250. The number of hydrogen-bond donors (Lipinski definition) is 1. The third-order valence-corrected chi connectivity index (χ3v) is 1.66. The van der Waals surface area contributed by atoms with E-state index in [1.807, 2.05) is 30.3 Å². The van der Waals surface area contributed by atoms with Crippen molar-refractivity contribution in [2.45, 2.75) is 6.61 Å². The molecule has 0 bridgehead atoms. The van der Waals surface area contributed by atoms with Gasteiger partial charge in [0.1, 0.15) is 5.94 Å². The van der Waals surface area contributed by atoms with Crippen LogP contribution in [-0.2, 0) is 22.4 Å². The molecule has 1 N–H and O–H groups in total. The van der Waals surface area contributed by atoms with Gasteiger partial charge in [0.25, 0.3) is 0 Å². The van der Waals surface area contributed by atoms with Crippen LogP contribution in [0.1, 0.15) is 5.56 Å². The number of rotatable bonds is 4. The largest absolute Gasteiger partial charge is 0.361 e. The Morgan fingerprint density at radius 1 is 1.33 bits per heavy atom. The molecule has 0 radical (unpaired) electrons. The molecule has 0 aromatic heterocycles. The van der Waals surface area contributed by atoms with Crippen molar-refractivity contribution in [2.75, 3.05) is 5.94 Å². The molecule has 1 aromatic carbocycles. The predicted molar refractivity (Wildman–Crippen MR) is 46.9 cm³/mol. The maximum absolute atomic E-state index is 10.2. The molecule has 66 valence electrons. The normalized spacial score (nSPS) is 12.8. The summed E-state index contributed by atoms with van der Waals surface area (Å²) in [4.78, 5) is 0.